The summed E-state index contributed by atoms with van der Waals surface area (Å²) in [7, 11) is 3.73. The largest absolute Gasteiger partial charge is 0.586 e. The summed E-state index contributed by atoms with van der Waals surface area (Å²) >= 11 is 0. The molecule has 1 aromatic carbocycles. The third kappa shape index (κ3) is 4.00. The Kier molecular flexibility index (Phi) is 4.49. The van der Waals surface area contributed by atoms with Crippen LogP contribution in [0.5, 0.6) is 11.5 Å². The Hall–Kier alpha value is -2.81. The molecule has 134 valence electrons. The van der Waals surface area contributed by atoms with Gasteiger partial charge in [0.2, 0.25) is 0 Å². The smallest absolute Gasteiger partial charge is 0.468 e. The normalized spacial score (nSPS) is 15.9. The maximum Gasteiger partial charge on any atom is 0.586 e. The van der Waals surface area contributed by atoms with Crippen molar-refractivity contribution in [2.45, 2.75) is 12.3 Å². The number of nitrogens with zero attached hydrogens (tertiary/aromatic N) is 1. The highest BCUT2D eigenvalue weighted by molar-refractivity contribution is 5.89. The Morgan fingerprint density at radius 1 is 1.24 bits per heavy atom. The predicted octanol–water partition coefficient (Wildman–Crippen LogP) is 3.03. The van der Waals surface area contributed by atoms with Crippen molar-refractivity contribution in [3.63, 3.8) is 0 Å². The molecule has 0 bridgehead atoms. The van der Waals surface area contributed by atoms with Crippen LogP contribution in [0.3, 0.4) is 0 Å². The van der Waals surface area contributed by atoms with Crippen molar-refractivity contribution in [2.24, 2.45) is 0 Å². The van der Waals surface area contributed by atoms with Crippen molar-refractivity contribution in [3.05, 3.63) is 42.4 Å². The summed E-state index contributed by atoms with van der Waals surface area (Å²) in [5.41, 5.74) is 0.303. The molecular formula is C16H17F2N3O4. The van der Waals surface area contributed by atoms with Crippen LogP contribution in [-0.4, -0.2) is 37.9 Å². The van der Waals surface area contributed by atoms with Crippen molar-refractivity contribution >= 4 is 11.7 Å². The third-order valence-corrected chi connectivity index (χ3v) is 3.61. The lowest BCUT2D eigenvalue weighted by Gasteiger charge is -2.22. The summed E-state index contributed by atoms with van der Waals surface area (Å²) in [6, 6.07) is 6.99. The average Bonchev–Trinajstić information content (AvgIpc) is 3.12. The van der Waals surface area contributed by atoms with Gasteiger partial charge in [-0.15, -0.1) is 8.78 Å². The van der Waals surface area contributed by atoms with E-state index >= 15 is 0 Å². The number of fused-ring (bicyclic) bond motifs is 1. The molecule has 0 saturated heterocycles. The van der Waals surface area contributed by atoms with E-state index in [-0.39, 0.29) is 17.5 Å². The van der Waals surface area contributed by atoms with E-state index in [0.29, 0.717) is 12.2 Å². The quantitative estimate of drug-likeness (QED) is 0.864. The molecule has 3 rings (SSSR count). The molecule has 2 N–H and O–H groups in total. The summed E-state index contributed by atoms with van der Waals surface area (Å²) in [6.45, 7) is 0.301. The number of carbonyl (C=O) groups excluding carboxylic acids is 1. The number of likely N-dealkylation sites (N-methyl/N-ethyl adjacent to an activating group) is 1. The molecule has 0 aliphatic carbocycles. The highest BCUT2D eigenvalue weighted by Gasteiger charge is 2.43. The van der Waals surface area contributed by atoms with E-state index in [2.05, 4.69) is 20.1 Å². The first-order valence-electron chi connectivity index (χ1n) is 7.48. The minimum absolute atomic E-state index is 0.0820. The number of amides is 2. The fraction of sp³-hybridized carbons (Fsp3) is 0.312. The topological polar surface area (TPSA) is 76.0 Å². The van der Waals surface area contributed by atoms with Crippen LogP contribution in [0.25, 0.3) is 0 Å². The summed E-state index contributed by atoms with van der Waals surface area (Å²) < 4.78 is 40.0. The number of benzene rings is 1. The van der Waals surface area contributed by atoms with E-state index in [1.54, 1.807) is 12.3 Å². The summed E-state index contributed by atoms with van der Waals surface area (Å²) in [5, 5.41) is 5.27. The third-order valence-electron chi connectivity index (χ3n) is 3.61. The number of urea groups is 1. The van der Waals surface area contributed by atoms with Crippen molar-refractivity contribution in [2.75, 3.05) is 26.0 Å². The molecule has 1 atom stereocenters. The minimum atomic E-state index is -3.69. The Balaban J connectivity index is 1.58. The predicted molar refractivity (Wildman–Crippen MR) is 84.8 cm³/mol. The zero-order valence-electron chi connectivity index (χ0n) is 13.6. The van der Waals surface area contributed by atoms with Gasteiger partial charge in [0.25, 0.3) is 0 Å². The number of halogens is 2. The van der Waals surface area contributed by atoms with Gasteiger partial charge in [-0.2, -0.15) is 0 Å². The number of hydrogen-bond donors (Lipinski definition) is 2. The van der Waals surface area contributed by atoms with E-state index in [1.165, 1.54) is 18.2 Å². The van der Waals surface area contributed by atoms with Gasteiger partial charge < -0.3 is 24.5 Å². The number of alkyl halides is 2. The summed E-state index contributed by atoms with van der Waals surface area (Å²) in [6.07, 6.45) is -2.13. The molecule has 7 nitrogen and oxygen atoms in total. The molecule has 1 aliphatic heterocycles. The Bertz CT molecular complexity index is 750. The molecule has 25 heavy (non-hydrogen) atoms. The molecule has 2 amide bonds. The van der Waals surface area contributed by atoms with Gasteiger partial charge in [-0.1, -0.05) is 0 Å². The van der Waals surface area contributed by atoms with E-state index in [4.69, 9.17) is 4.42 Å². The van der Waals surface area contributed by atoms with Gasteiger partial charge in [0.05, 0.1) is 12.3 Å². The Labute approximate surface area is 142 Å². The van der Waals surface area contributed by atoms with Crippen LogP contribution in [0.2, 0.25) is 0 Å². The maximum atomic E-state index is 13.0. The van der Waals surface area contributed by atoms with Crippen LogP contribution in [-0.2, 0) is 0 Å². The number of ether oxygens (including phenoxy) is 2. The molecule has 2 aromatic rings. The lowest BCUT2D eigenvalue weighted by atomic mass is 10.2. The molecule has 2 heterocycles. The SMILES string of the molecule is CN(C)C(CNC(=O)Nc1ccc2c(c1)OC(F)(F)O2)c1ccco1. The Morgan fingerprint density at radius 3 is 2.68 bits per heavy atom. The molecule has 1 aliphatic rings. The first-order valence-corrected chi connectivity index (χ1v) is 7.48. The highest BCUT2D eigenvalue weighted by Crippen LogP contribution is 2.42. The molecule has 0 fully saturated rings. The minimum Gasteiger partial charge on any atom is -0.468 e. The zero-order valence-corrected chi connectivity index (χ0v) is 13.6. The first-order chi connectivity index (χ1) is 11.8. The van der Waals surface area contributed by atoms with Crippen LogP contribution in [0.4, 0.5) is 19.3 Å². The monoisotopic (exact) mass is 353 g/mol. The van der Waals surface area contributed by atoms with Gasteiger partial charge in [0.15, 0.2) is 11.5 Å². The second kappa shape index (κ2) is 6.60. The van der Waals surface area contributed by atoms with Gasteiger partial charge in [-0.3, -0.25) is 4.90 Å². The van der Waals surface area contributed by atoms with Crippen LogP contribution in [0, 0.1) is 0 Å². The number of carbonyl (C=O) groups is 1. The maximum absolute atomic E-state index is 13.0. The zero-order chi connectivity index (χ0) is 18.0. The second-order valence-corrected chi connectivity index (χ2v) is 5.66. The number of furan rings is 1. The van der Waals surface area contributed by atoms with E-state index in [0.717, 1.165) is 5.76 Å². The molecular weight excluding hydrogens is 336 g/mol. The molecule has 1 aromatic heterocycles. The molecule has 0 spiro atoms. The van der Waals surface area contributed by atoms with Crippen LogP contribution in [0.1, 0.15) is 11.8 Å². The lowest BCUT2D eigenvalue weighted by molar-refractivity contribution is -0.286. The molecule has 9 heteroatoms. The standard InChI is InChI=1S/C16H17F2N3O4/c1-21(2)11(12-4-3-7-23-12)9-19-15(22)20-10-5-6-13-14(8-10)25-16(17,18)24-13/h3-8,11H,9H2,1-2H3,(H2,19,20,22). The van der Waals surface area contributed by atoms with Gasteiger partial charge in [-0.05, 0) is 38.4 Å². The van der Waals surface area contributed by atoms with Crippen LogP contribution >= 0.6 is 0 Å². The fourth-order valence-corrected chi connectivity index (χ4v) is 2.41. The molecule has 0 radical (unpaired) electrons. The number of rotatable bonds is 5. The van der Waals surface area contributed by atoms with Crippen molar-refractivity contribution in [3.8, 4) is 11.5 Å². The van der Waals surface area contributed by atoms with Crippen molar-refractivity contribution < 1.29 is 27.5 Å². The lowest BCUT2D eigenvalue weighted by Crippen LogP contribution is -2.36. The molecule has 1 unspecified atom stereocenters. The van der Waals surface area contributed by atoms with E-state index < -0.39 is 12.3 Å². The number of nitrogens with one attached hydrogen (secondary N) is 2. The van der Waals surface area contributed by atoms with Crippen LogP contribution < -0.4 is 20.1 Å². The van der Waals surface area contributed by atoms with Crippen molar-refractivity contribution in [1.82, 2.24) is 10.2 Å². The van der Waals surface area contributed by atoms with Gasteiger partial charge in [0.1, 0.15) is 5.76 Å². The number of hydrogen-bond acceptors (Lipinski definition) is 5. The molecule has 0 saturated carbocycles. The highest BCUT2D eigenvalue weighted by atomic mass is 19.3. The van der Waals surface area contributed by atoms with E-state index in [1.807, 2.05) is 25.1 Å². The second-order valence-electron chi connectivity index (χ2n) is 5.66. The summed E-state index contributed by atoms with van der Waals surface area (Å²) in [4.78, 5) is 13.9. The van der Waals surface area contributed by atoms with Gasteiger partial charge >= 0.3 is 12.3 Å². The Morgan fingerprint density at radius 2 is 2.00 bits per heavy atom. The van der Waals surface area contributed by atoms with Crippen molar-refractivity contribution in [1.29, 1.82) is 0 Å². The first kappa shape index (κ1) is 17.0. The van der Waals surface area contributed by atoms with E-state index in [9.17, 15) is 13.6 Å². The average molecular weight is 353 g/mol. The van der Waals surface area contributed by atoms with Gasteiger partial charge in [-0.25, -0.2) is 4.79 Å². The fourth-order valence-electron chi connectivity index (χ4n) is 2.41. The van der Waals surface area contributed by atoms with Gasteiger partial charge in [0, 0.05) is 18.3 Å². The van der Waals surface area contributed by atoms with Crippen LogP contribution in [0.15, 0.2) is 41.0 Å². The summed E-state index contributed by atoms with van der Waals surface area (Å²) in [5.74, 6) is 0.501. The number of anilines is 1.